The van der Waals surface area contributed by atoms with Crippen LogP contribution in [0, 0.1) is 6.92 Å². The van der Waals surface area contributed by atoms with E-state index in [1.807, 2.05) is 35.2 Å². The Morgan fingerprint density at radius 3 is 2.36 bits per heavy atom. The molecule has 6 nitrogen and oxygen atoms in total. The molecule has 0 saturated carbocycles. The molecule has 1 saturated heterocycles. The first-order valence-electron chi connectivity index (χ1n) is 9.23. The van der Waals surface area contributed by atoms with Crippen molar-refractivity contribution < 1.29 is 14.3 Å². The van der Waals surface area contributed by atoms with Crippen LogP contribution in [0.5, 0.6) is 11.5 Å². The second kappa shape index (κ2) is 7.67. The summed E-state index contributed by atoms with van der Waals surface area (Å²) in [5.41, 5.74) is 2.81. The van der Waals surface area contributed by atoms with Gasteiger partial charge in [-0.1, -0.05) is 17.4 Å². The van der Waals surface area contributed by atoms with E-state index < -0.39 is 0 Å². The van der Waals surface area contributed by atoms with E-state index in [-0.39, 0.29) is 5.91 Å². The van der Waals surface area contributed by atoms with Gasteiger partial charge in [-0.15, -0.1) is 0 Å². The van der Waals surface area contributed by atoms with Gasteiger partial charge in [-0.05, 0) is 42.8 Å². The fourth-order valence-corrected chi connectivity index (χ4v) is 4.52. The molecule has 0 bridgehead atoms. The molecule has 1 aromatic heterocycles. The maximum Gasteiger partial charge on any atom is 0.253 e. The van der Waals surface area contributed by atoms with Crippen molar-refractivity contribution in [2.45, 2.75) is 6.92 Å². The number of ether oxygens (including phenoxy) is 2. The summed E-state index contributed by atoms with van der Waals surface area (Å²) in [6.07, 6.45) is 0. The number of anilines is 1. The van der Waals surface area contributed by atoms with Crippen molar-refractivity contribution in [3.63, 3.8) is 0 Å². The first-order chi connectivity index (χ1) is 13.6. The molecule has 0 atom stereocenters. The summed E-state index contributed by atoms with van der Waals surface area (Å²) in [4.78, 5) is 21.7. The molecule has 7 heteroatoms. The Kier molecular flexibility index (Phi) is 5.09. The first-order valence-corrected chi connectivity index (χ1v) is 10.0. The van der Waals surface area contributed by atoms with Crippen molar-refractivity contribution >= 4 is 32.6 Å². The van der Waals surface area contributed by atoms with Gasteiger partial charge in [-0.2, -0.15) is 0 Å². The standard InChI is InChI=1S/C21H23N3O3S/c1-14-4-9-17(27-3)18-19(14)28-21(22-18)24-12-10-23(11-13-24)20(25)15-5-7-16(26-2)8-6-15/h4-9H,10-13H2,1-3H3. The zero-order valence-electron chi connectivity index (χ0n) is 16.3. The van der Waals surface area contributed by atoms with Gasteiger partial charge in [0.25, 0.3) is 5.91 Å². The van der Waals surface area contributed by atoms with Gasteiger partial charge in [0.15, 0.2) is 5.13 Å². The fraction of sp³-hybridized carbons (Fsp3) is 0.333. The van der Waals surface area contributed by atoms with Crippen LogP contribution >= 0.6 is 11.3 Å². The summed E-state index contributed by atoms with van der Waals surface area (Å²) in [5, 5.41) is 0.985. The van der Waals surface area contributed by atoms with E-state index in [2.05, 4.69) is 17.9 Å². The number of thiazole rings is 1. The van der Waals surface area contributed by atoms with E-state index in [0.29, 0.717) is 18.7 Å². The lowest BCUT2D eigenvalue weighted by atomic mass is 10.1. The smallest absolute Gasteiger partial charge is 0.253 e. The topological polar surface area (TPSA) is 54.9 Å². The lowest BCUT2D eigenvalue weighted by Gasteiger charge is -2.34. The largest absolute Gasteiger partial charge is 0.497 e. The van der Waals surface area contributed by atoms with E-state index in [1.54, 1.807) is 25.6 Å². The number of nitrogens with zero attached hydrogens (tertiary/aromatic N) is 3. The Morgan fingerprint density at radius 2 is 1.71 bits per heavy atom. The summed E-state index contributed by atoms with van der Waals surface area (Å²) in [7, 11) is 3.29. The highest BCUT2D eigenvalue weighted by molar-refractivity contribution is 7.22. The van der Waals surface area contributed by atoms with Crippen LogP contribution < -0.4 is 14.4 Å². The Bertz CT molecular complexity index is 992. The molecule has 0 unspecified atom stereocenters. The third-order valence-corrected chi connectivity index (χ3v) is 6.34. The van der Waals surface area contributed by atoms with Gasteiger partial charge in [0.05, 0.1) is 18.9 Å². The van der Waals surface area contributed by atoms with E-state index in [1.165, 1.54) is 5.56 Å². The zero-order chi connectivity index (χ0) is 19.7. The maximum atomic E-state index is 12.7. The molecular weight excluding hydrogens is 374 g/mol. The van der Waals surface area contributed by atoms with Crippen molar-refractivity contribution in [2.24, 2.45) is 0 Å². The minimum absolute atomic E-state index is 0.0594. The van der Waals surface area contributed by atoms with Crippen LogP contribution in [-0.4, -0.2) is 56.2 Å². The van der Waals surface area contributed by atoms with Gasteiger partial charge in [0, 0.05) is 31.7 Å². The van der Waals surface area contributed by atoms with Crippen LogP contribution in [0.2, 0.25) is 0 Å². The molecule has 0 radical (unpaired) electrons. The van der Waals surface area contributed by atoms with Crippen LogP contribution in [0.25, 0.3) is 10.2 Å². The predicted molar refractivity (Wildman–Crippen MR) is 112 cm³/mol. The van der Waals surface area contributed by atoms with Gasteiger partial charge in [0.1, 0.15) is 17.0 Å². The number of hydrogen-bond acceptors (Lipinski definition) is 6. The second-order valence-electron chi connectivity index (χ2n) is 6.77. The van der Waals surface area contributed by atoms with Crippen molar-refractivity contribution in [2.75, 3.05) is 45.3 Å². The Morgan fingerprint density at radius 1 is 1.00 bits per heavy atom. The van der Waals surface area contributed by atoms with Gasteiger partial charge >= 0.3 is 0 Å². The molecule has 0 spiro atoms. The molecule has 4 rings (SSSR count). The summed E-state index contributed by atoms with van der Waals surface area (Å²) < 4.78 is 11.8. The molecule has 1 aliphatic rings. The number of fused-ring (bicyclic) bond motifs is 1. The number of carbonyl (C=O) groups excluding carboxylic acids is 1. The van der Waals surface area contributed by atoms with Crippen LogP contribution in [0.3, 0.4) is 0 Å². The van der Waals surface area contributed by atoms with Gasteiger partial charge < -0.3 is 19.3 Å². The molecular formula is C21H23N3O3S. The summed E-state index contributed by atoms with van der Waals surface area (Å²) in [5.74, 6) is 1.61. The molecule has 1 aliphatic heterocycles. The van der Waals surface area contributed by atoms with Crippen LogP contribution in [0.15, 0.2) is 36.4 Å². The van der Waals surface area contributed by atoms with Crippen molar-refractivity contribution in [1.82, 2.24) is 9.88 Å². The maximum absolute atomic E-state index is 12.7. The number of hydrogen-bond donors (Lipinski definition) is 0. The second-order valence-corrected chi connectivity index (χ2v) is 7.74. The Labute approximate surface area is 168 Å². The van der Waals surface area contributed by atoms with Gasteiger partial charge in [-0.3, -0.25) is 4.79 Å². The molecule has 0 aliphatic carbocycles. The van der Waals surface area contributed by atoms with Gasteiger partial charge in [0.2, 0.25) is 0 Å². The predicted octanol–water partition coefficient (Wildman–Crippen LogP) is 3.58. The molecule has 1 amide bonds. The Balaban J connectivity index is 1.47. The Hall–Kier alpha value is -2.80. The van der Waals surface area contributed by atoms with Crippen LogP contribution in [0.4, 0.5) is 5.13 Å². The van der Waals surface area contributed by atoms with Crippen molar-refractivity contribution in [3.05, 3.63) is 47.5 Å². The highest BCUT2D eigenvalue weighted by Crippen LogP contribution is 2.36. The molecule has 28 heavy (non-hydrogen) atoms. The number of carbonyl (C=O) groups is 1. The number of benzene rings is 2. The van der Waals surface area contributed by atoms with Crippen molar-refractivity contribution in [1.29, 1.82) is 0 Å². The number of piperazine rings is 1. The minimum atomic E-state index is 0.0594. The first kappa shape index (κ1) is 18.6. The average molecular weight is 398 g/mol. The van der Waals surface area contributed by atoms with Crippen LogP contribution in [-0.2, 0) is 0 Å². The number of aromatic nitrogens is 1. The zero-order valence-corrected chi connectivity index (χ0v) is 17.1. The monoisotopic (exact) mass is 397 g/mol. The minimum Gasteiger partial charge on any atom is -0.497 e. The highest BCUT2D eigenvalue weighted by atomic mass is 32.1. The fourth-order valence-electron chi connectivity index (χ4n) is 3.42. The molecule has 2 heterocycles. The third-order valence-electron chi connectivity index (χ3n) is 5.09. The quantitative estimate of drug-likeness (QED) is 0.674. The summed E-state index contributed by atoms with van der Waals surface area (Å²) >= 11 is 1.69. The van der Waals surface area contributed by atoms with E-state index in [9.17, 15) is 4.79 Å². The number of rotatable bonds is 4. The lowest BCUT2D eigenvalue weighted by molar-refractivity contribution is 0.0746. The molecule has 1 fully saturated rings. The summed E-state index contributed by atoms with van der Waals surface area (Å²) in [6, 6.07) is 11.3. The van der Waals surface area contributed by atoms with E-state index in [4.69, 9.17) is 14.5 Å². The third kappa shape index (κ3) is 3.38. The number of amides is 1. The SMILES string of the molecule is COc1ccc(C(=O)N2CCN(c3nc4c(OC)ccc(C)c4s3)CC2)cc1. The van der Waals surface area contributed by atoms with E-state index in [0.717, 1.165) is 39.9 Å². The molecule has 3 aromatic rings. The molecule has 2 aromatic carbocycles. The normalized spacial score (nSPS) is 14.4. The number of aryl methyl sites for hydroxylation is 1. The summed E-state index contributed by atoms with van der Waals surface area (Å²) in [6.45, 7) is 4.98. The van der Waals surface area contributed by atoms with Crippen molar-refractivity contribution in [3.8, 4) is 11.5 Å². The molecule has 0 N–H and O–H groups in total. The van der Waals surface area contributed by atoms with Gasteiger partial charge in [-0.25, -0.2) is 4.98 Å². The van der Waals surface area contributed by atoms with E-state index >= 15 is 0 Å². The average Bonchev–Trinajstić information content (AvgIpc) is 3.20. The highest BCUT2D eigenvalue weighted by Gasteiger charge is 2.24. The lowest BCUT2D eigenvalue weighted by Crippen LogP contribution is -2.48. The number of methoxy groups -OCH3 is 2. The molecule has 146 valence electrons. The van der Waals surface area contributed by atoms with Crippen LogP contribution in [0.1, 0.15) is 15.9 Å².